The number of para-hydroxylation sites is 1. The third kappa shape index (κ3) is 7.48. The Bertz CT molecular complexity index is 1130. The lowest BCUT2D eigenvalue weighted by Gasteiger charge is -2.32. The number of carbonyl (C=O) groups excluding carboxylic acids is 2. The van der Waals surface area contributed by atoms with Gasteiger partial charge < -0.3 is 15.0 Å². The normalized spacial score (nSPS) is 11.7. The summed E-state index contributed by atoms with van der Waals surface area (Å²) in [7, 11) is 0. The lowest BCUT2D eigenvalue weighted by Crippen LogP contribution is -2.53. The first-order valence-electron chi connectivity index (χ1n) is 11.5. The van der Waals surface area contributed by atoms with Crippen molar-refractivity contribution in [3.63, 3.8) is 0 Å². The van der Waals surface area contributed by atoms with Gasteiger partial charge in [0.25, 0.3) is 5.91 Å². The molecule has 0 aliphatic rings. The summed E-state index contributed by atoms with van der Waals surface area (Å²) in [6.45, 7) is 5.52. The third-order valence-corrected chi connectivity index (χ3v) is 6.25. The number of rotatable bonds is 10. The SMILES string of the molecule is Cc1ccccc1OCC(=O)N(Cc1c(Cl)cccc1Cl)[C@H](Cc1ccccc1)C(=O)NC(C)C. The van der Waals surface area contributed by atoms with Gasteiger partial charge >= 0.3 is 0 Å². The first kappa shape index (κ1) is 26.6. The third-order valence-electron chi connectivity index (χ3n) is 5.54. The molecule has 3 aromatic carbocycles. The number of nitrogens with zero attached hydrogens (tertiary/aromatic N) is 1. The molecule has 0 heterocycles. The van der Waals surface area contributed by atoms with E-state index in [1.807, 2.05) is 75.4 Å². The number of nitrogens with one attached hydrogen (secondary N) is 1. The Hall–Kier alpha value is -3.02. The minimum absolute atomic E-state index is 0.0670. The van der Waals surface area contributed by atoms with Crippen molar-refractivity contribution in [2.75, 3.05) is 6.61 Å². The van der Waals surface area contributed by atoms with E-state index in [2.05, 4.69) is 5.32 Å². The van der Waals surface area contributed by atoms with E-state index >= 15 is 0 Å². The maximum Gasteiger partial charge on any atom is 0.261 e. The molecule has 35 heavy (non-hydrogen) atoms. The lowest BCUT2D eigenvalue weighted by molar-refractivity contribution is -0.143. The Balaban J connectivity index is 1.97. The van der Waals surface area contributed by atoms with Crippen LogP contribution < -0.4 is 10.1 Å². The van der Waals surface area contributed by atoms with Gasteiger partial charge in [-0.3, -0.25) is 9.59 Å². The Morgan fingerprint density at radius 2 is 1.54 bits per heavy atom. The first-order valence-corrected chi connectivity index (χ1v) is 12.3. The number of halogens is 2. The van der Waals surface area contributed by atoms with E-state index < -0.39 is 6.04 Å². The highest BCUT2D eigenvalue weighted by atomic mass is 35.5. The van der Waals surface area contributed by atoms with Gasteiger partial charge in [0, 0.05) is 34.6 Å². The standard InChI is InChI=1S/C28H30Cl2N2O3/c1-19(2)31-28(34)25(16-21-11-5-4-6-12-21)32(17-22-23(29)13-9-14-24(22)30)27(33)18-35-26-15-8-7-10-20(26)3/h4-15,19,25H,16-18H2,1-3H3,(H,31,34)/t25-/m1/s1. The van der Waals surface area contributed by atoms with Gasteiger partial charge in [0.05, 0.1) is 0 Å². The summed E-state index contributed by atoms with van der Waals surface area (Å²) in [5, 5.41) is 3.81. The van der Waals surface area contributed by atoms with Crippen LogP contribution in [0.4, 0.5) is 0 Å². The Morgan fingerprint density at radius 3 is 2.17 bits per heavy atom. The van der Waals surface area contributed by atoms with Gasteiger partial charge in [-0.15, -0.1) is 0 Å². The monoisotopic (exact) mass is 512 g/mol. The van der Waals surface area contributed by atoms with Crippen molar-refractivity contribution in [3.8, 4) is 5.75 Å². The smallest absolute Gasteiger partial charge is 0.261 e. The number of hydrogen-bond donors (Lipinski definition) is 1. The van der Waals surface area contributed by atoms with Crippen LogP contribution in [0.3, 0.4) is 0 Å². The van der Waals surface area contributed by atoms with Gasteiger partial charge in [0.1, 0.15) is 11.8 Å². The first-order chi connectivity index (χ1) is 16.8. The van der Waals surface area contributed by atoms with Crippen molar-refractivity contribution >= 4 is 35.0 Å². The average molecular weight is 513 g/mol. The molecule has 0 saturated carbocycles. The van der Waals surface area contributed by atoms with E-state index in [-0.39, 0.29) is 31.0 Å². The molecule has 2 amide bonds. The summed E-state index contributed by atoms with van der Waals surface area (Å²) in [5.41, 5.74) is 2.43. The maximum atomic E-state index is 13.6. The topological polar surface area (TPSA) is 58.6 Å². The van der Waals surface area contributed by atoms with Crippen LogP contribution in [0.5, 0.6) is 5.75 Å². The number of ether oxygens (including phenoxy) is 1. The summed E-state index contributed by atoms with van der Waals surface area (Å²) in [5.74, 6) is 0.0168. The zero-order chi connectivity index (χ0) is 25.4. The molecule has 5 nitrogen and oxygen atoms in total. The van der Waals surface area contributed by atoms with E-state index in [1.165, 1.54) is 4.90 Å². The highest BCUT2D eigenvalue weighted by Gasteiger charge is 2.32. The van der Waals surface area contributed by atoms with Gasteiger partial charge in [-0.1, -0.05) is 77.8 Å². The van der Waals surface area contributed by atoms with Gasteiger partial charge in [-0.25, -0.2) is 0 Å². The van der Waals surface area contributed by atoms with E-state index in [0.717, 1.165) is 11.1 Å². The quantitative estimate of drug-likeness (QED) is 0.370. The highest BCUT2D eigenvalue weighted by molar-refractivity contribution is 6.36. The molecule has 0 unspecified atom stereocenters. The van der Waals surface area contributed by atoms with Crippen molar-refractivity contribution in [3.05, 3.63) is 99.5 Å². The molecule has 0 aliphatic carbocycles. The van der Waals surface area contributed by atoms with Gasteiger partial charge in [0.2, 0.25) is 5.91 Å². The fourth-order valence-corrected chi connectivity index (χ4v) is 4.25. The number of amides is 2. The van der Waals surface area contributed by atoms with Gasteiger partial charge in [-0.2, -0.15) is 0 Å². The Labute approximate surface area is 217 Å². The van der Waals surface area contributed by atoms with Crippen LogP contribution in [-0.2, 0) is 22.6 Å². The highest BCUT2D eigenvalue weighted by Crippen LogP contribution is 2.27. The van der Waals surface area contributed by atoms with Crippen LogP contribution in [-0.4, -0.2) is 35.4 Å². The van der Waals surface area contributed by atoms with E-state index in [1.54, 1.807) is 18.2 Å². The predicted molar refractivity (Wildman–Crippen MR) is 141 cm³/mol. The molecule has 0 radical (unpaired) electrons. The van der Waals surface area contributed by atoms with Crippen LogP contribution >= 0.6 is 23.2 Å². The summed E-state index contributed by atoms with van der Waals surface area (Å²) in [4.78, 5) is 28.5. The fraction of sp³-hybridized carbons (Fsp3) is 0.286. The van der Waals surface area contributed by atoms with Crippen LogP contribution in [0.25, 0.3) is 0 Å². The van der Waals surface area contributed by atoms with Crippen molar-refractivity contribution < 1.29 is 14.3 Å². The molecule has 0 bridgehead atoms. The molecule has 1 N–H and O–H groups in total. The second-order valence-corrected chi connectivity index (χ2v) is 9.46. The average Bonchev–Trinajstić information content (AvgIpc) is 2.82. The molecule has 1 atom stereocenters. The van der Waals surface area contributed by atoms with Gasteiger partial charge in [0.15, 0.2) is 6.61 Å². The maximum absolute atomic E-state index is 13.6. The summed E-state index contributed by atoms with van der Waals surface area (Å²) < 4.78 is 5.85. The van der Waals surface area contributed by atoms with E-state index in [4.69, 9.17) is 27.9 Å². The second kappa shape index (κ2) is 12.6. The van der Waals surface area contributed by atoms with E-state index in [9.17, 15) is 9.59 Å². The molecular weight excluding hydrogens is 483 g/mol. The van der Waals surface area contributed by atoms with Crippen LogP contribution in [0.1, 0.15) is 30.5 Å². The Kier molecular flexibility index (Phi) is 9.58. The van der Waals surface area contributed by atoms with Crippen molar-refractivity contribution in [2.45, 2.75) is 45.8 Å². The predicted octanol–water partition coefficient (Wildman–Crippen LogP) is 5.85. The summed E-state index contributed by atoms with van der Waals surface area (Å²) in [6.07, 6.45) is 0.331. The zero-order valence-corrected chi connectivity index (χ0v) is 21.6. The Morgan fingerprint density at radius 1 is 0.914 bits per heavy atom. The molecule has 3 rings (SSSR count). The second-order valence-electron chi connectivity index (χ2n) is 8.64. The molecular formula is C28H30Cl2N2O3. The van der Waals surface area contributed by atoms with Crippen molar-refractivity contribution in [1.82, 2.24) is 10.2 Å². The minimum atomic E-state index is -0.792. The van der Waals surface area contributed by atoms with Gasteiger partial charge in [-0.05, 0) is 50.1 Å². The molecule has 0 spiro atoms. The van der Waals surface area contributed by atoms with Crippen LogP contribution in [0.2, 0.25) is 10.0 Å². The molecule has 184 valence electrons. The number of benzene rings is 3. The molecule has 7 heteroatoms. The minimum Gasteiger partial charge on any atom is -0.484 e. The number of hydrogen-bond acceptors (Lipinski definition) is 3. The number of carbonyl (C=O) groups is 2. The van der Waals surface area contributed by atoms with Crippen molar-refractivity contribution in [1.29, 1.82) is 0 Å². The summed E-state index contributed by atoms with van der Waals surface area (Å²) in [6, 6.07) is 21.4. The summed E-state index contributed by atoms with van der Waals surface area (Å²) >= 11 is 12.9. The molecule has 3 aromatic rings. The van der Waals surface area contributed by atoms with E-state index in [0.29, 0.717) is 27.8 Å². The molecule has 0 saturated heterocycles. The molecule has 0 aromatic heterocycles. The largest absolute Gasteiger partial charge is 0.484 e. The van der Waals surface area contributed by atoms with Crippen LogP contribution in [0.15, 0.2) is 72.8 Å². The van der Waals surface area contributed by atoms with Crippen molar-refractivity contribution in [2.24, 2.45) is 0 Å². The molecule has 0 aliphatic heterocycles. The zero-order valence-electron chi connectivity index (χ0n) is 20.1. The fourth-order valence-electron chi connectivity index (χ4n) is 3.73. The lowest BCUT2D eigenvalue weighted by atomic mass is 10.0. The molecule has 0 fully saturated rings. The van der Waals surface area contributed by atoms with Crippen LogP contribution in [0, 0.1) is 6.92 Å². The number of aryl methyl sites for hydroxylation is 1.